The lowest BCUT2D eigenvalue weighted by Gasteiger charge is -2.13. The maximum atomic E-state index is 13.1. The van der Waals surface area contributed by atoms with Crippen LogP contribution in [-0.2, 0) is 15.3 Å². The molecule has 1 aromatic rings. The Bertz CT molecular complexity index is 437. The molecule has 0 spiro atoms. The molecule has 0 saturated heterocycles. The average Bonchev–Trinajstić information content (AvgIpc) is 2.15. The third kappa shape index (κ3) is 4.06. The van der Waals surface area contributed by atoms with Gasteiger partial charge >= 0.3 is 14.4 Å². The van der Waals surface area contributed by atoms with E-state index in [2.05, 4.69) is 20.5 Å². The molecule has 0 aliphatic rings. The van der Waals surface area contributed by atoms with Gasteiger partial charge in [-0.1, -0.05) is 22.0 Å². The van der Waals surface area contributed by atoms with Gasteiger partial charge in [0.2, 0.25) is 6.36 Å². The normalized spacial score (nSPS) is 15.6. The lowest BCUT2D eigenvalue weighted by atomic mass is 10.1. The molecule has 0 saturated carbocycles. The molecule has 3 nitrogen and oxygen atoms in total. The van der Waals surface area contributed by atoms with Gasteiger partial charge in [-0.2, -0.15) is 13.2 Å². The molecule has 0 fully saturated rings. The largest absolute Gasteiger partial charge is 0.417 e. The van der Waals surface area contributed by atoms with E-state index in [1.807, 2.05) is 0 Å². The Labute approximate surface area is 102 Å². The van der Waals surface area contributed by atoms with E-state index < -0.39 is 31.9 Å². The van der Waals surface area contributed by atoms with Gasteiger partial charge in [0.1, 0.15) is 0 Å². The van der Waals surface area contributed by atoms with Crippen LogP contribution in [0.1, 0.15) is 17.5 Å². The van der Waals surface area contributed by atoms with Crippen molar-refractivity contribution in [3.05, 3.63) is 33.8 Å². The molecule has 96 valence electrons. The van der Waals surface area contributed by atoms with Crippen LogP contribution in [0.3, 0.4) is 0 Å². The summed E-state index contributed by atoms with van der Waals surface area (Å²) in [6.07, 6.45) is -7.03. The van der Waals surface area contributed by atoms with Gasteiger partial charge in [0.25, 0.3) is 0 Å². The molecule has 0 aliphatic carbocycles. The van der Waals surface area contributed by atoms with Gasteiger partial charge in [0.05, 0.1) is 5.56 Å². The molecule has 17 heavy (non-hydrogen) atoms. The van der Waals surface area contributed by atoms with Crippen molar-refractivity contribution in [2.24, 2.45) is 0 Å². The lowest BCUT2D eigenvalue weighted by molar-refractivity contribution is -0.138. The molecular formula is C8H6BrF4O3P. The first kappa shape index (κ1) is 14.6. The fourth-order valence-corrected chi connectivity index (χ4v) is 1.84. The van der Waals surface area contributed by atoms with E-state index in [0.717, 1.165) is 12.1 Å². The van der Waals surface area contributed by atoms with Gasteiger partial charge in [-0.05, 0) is 12.1 Å². The summed E-state index contributed by atoms with van der Waals surface area (Å²) in [7, 11) is -3.56. The van der Waals surface area contributed by atoms with Gasteiger partial charge in [0, 0.05) is 10.0 Å². The number of halogens is 5. The number of benzene rings is 1. The summed E-state index contributed by atoms with van der Waals surface area (Å²) in [6.45, 7) is 0. The molecule has 2 unspecified atom stereocenters. The first-order chi connectivity index (χ1) is 7.71. The molecule has 0 aliphatic heterocycles. The summed E-state index contributed by atoms with van der Waals surface area (Å²) in [6, 6.07) is 2.52. The first-order valence-corrected chi connectivity index (χ1v) is 6.18. The molecule has 9 heteroatoms. The van der Waals surface area contributed by atoms with E-state index in [0.29, 0.717) is 6.07 Å². The zero-order chi connectivity index (χ0) is 13.2. The highest BCUT2D eigenvalue weighted by atomic mass is 79.9. The van der Waals surface area contributed by atoms with Crippen molar-refractivity contribution in [1.82, 2.24) is 0 Å². The SMILES string of the molecule is O=[PH](O)OC(F)c1ccc(Br)c(C(F)(F)F)c1. The summed E-state index contributed by atoms with van der Waals surface area (Å²) >= 11 is 2.68. The second kappa shape index (κ2) is 5.48. The Morgan fingerprint density at radius 3 is 2.47 bits per heavy atom. The Balaban J connectivity index is 3.08. The second-order valence-corrected chi connectivity index (χ2v) is 4.56. The standard InChI is InChI=1S/C8H6BrF4O3P/c9-6-2-1-4(7(10)16-17(14)15)3-5(6)8(11,12)13/h1-3,7,17H,(H,14,15). The van der Waals surface area contributed by atoms with Crippen molar-refractivity contribution in [3.63, 3.8) is 0 Å². The summed E-state index contributed by atoms with van der Waals surface area (Å²) < 4.78 is 64.4. The maximum Gasteiger partial charge on any atom is 0.417 e. The lowest BCUT2D eigenvalue weighted by Crippen LogP contribution is -2.07. The van der Waals surface area contributed by atoms with Crippen LogP contribution in [-0.4, -0.2) is 4.89 Å². The predicted molar refractivity (Wildman–Crippen MR) is 55.3 cm³/mol. The van der Waals surface area contributed by atoms with Crippen LogP contribution in [0.25, 0.3) is 0 Å². The second-order valence-electron chi connectivity index (χ2n) is 2.94. The molecule has 0 radical (unpaired) electrons. The molecule has 0 aromatic heterocycles. The van der Waals surface area contributed by atoms with Crippen molar-refractivity contribution in [2.75, 3.05) is 0 Å². The Hall–Kier alpha value is -0.430. The molecule has 0 amide bonds. The van der Waals surface area contributed by atoms with E-state index in [1.54, 1.807) is 0 Å². The van der Waals surface area contributed by atoms with E-state index in [-0.39, 0.29) is 4.47 Å². The zero-order valence-electron chi connectivity index (χ0n) is 7.96. The Kier molecular flexibility index (Phi) is 4.71. The van der Waals surface area contributed by atoms with Crippen molar-refractivity contribution >= 4 is 24.2 Å². The average molecular weight is 337 g/mol. The van der Waals surface area contributed by atoms with Crippen LogP contribution < -0.4 is 0 Å². The minimum Gasteiger partial charge on any atom is -0.326 e. The smallest absolute Gasteiger partial charge is 0.326 e. The Morgan fingerprint density at radius 1 is 1.41 bits per heavy atom. The molecule has 0 heterocycles. The first-order valence-electron chi connectivity index (χ1n) is 4.12. The van der Waals surface area contributed by atoms with Gasteiger partial charge in [0.15, 0.2) is 0 Å². The zero-order valence-corrected chi connectivity index (χ0v) is 10.5. The topological polar surface area (TPSA) is 46.5 Å². The van der Waals surface area contributed by atoms with Crippen LogP contribution in [0.5, 0.6) is 0 Å². The van der Waals surface area contributed by atoms with Gasteiger partial charge in [-0.3, -0.25) is 9.09 Å². The van der Waals surface area contributed by atoms with Gasteiger partial charge in [-0.15, -0.1) is 0 Å². The predicted octanol–water partition coefficient (Wildman–Crippen LogP) is 3.83. The third-order valence-corrected chi connectivity index (χ3v) is 2.86. The van der Waals surface area contributed by atoms with Crippen molar-refractivity contribution in [2.45, 2.75) is 12.5 Å². The van der Waals surface area contributed by atoms with Gasteiger partial charge < -0.3 is 4.89 Å². The monoisotopic (exact) mass is 336 g/mol. The van der Waals surface area contributed by atoms with E-state index in [1.165, 1.54) is 0 Å². The summed E-state index contributed by atoms with van der Waals surface area (Å²) in [5.74, 6) is 0. The van der Waals surface area contributed by atoms with E-state index in [4.69, 9.17) is 4.89 Å². The molecule has 1 aromatic carbocycles. The number of rotatable bonds is 3. The molecule has 0 bridgehead atoms. The number of hydrogen-bond acceptors (Lipinski definition) is 2. The fraction of sp³-hybridized carbons (Fsp3) is 0.250. The minimum atomic E-state index is -4.65. The van der Waals surface area contributed by atoms with Crippen molar-refractivity contribution in [1.29, 1.82) is 0 Å². The molecule has 2 atom stereocenters. The van der Waals surface area contributed by atoms with E-state index in [9.17, 15) is 22.1 Å². The number of hydrogen-bond donors (Lipinski definition) is 1. The Morgan fingerprint density at radius 2 is 2.00 bits per heavy atom. The number of alkyl halides is 4. The summed E-state index contributed by atoms with van der Waals surface area (Å²) in [4.78, 5) is 8.32. The summed E-state index contributed by atoms with van der Waals surface area (Å²) in [5, 5.41) is 0. The molecule has 1 N–H and O–H groups in total. The van der Waals surface area contributed by atoms with Crippen LogP contribution >= 0.6 is 24.2 Å². The highest BCUT2D eigenvalue weighted by molar-refractivity contribution is 9.10. The van der Waals surface area contributed by atoms with Crippen LogP contribution in [0.15, 0.2) is 22.7 Å². The molecule has 1 rings (SSSR count). The fourth-order valence-electron chi connectivity index (χ4n) is 1.06. The third-order valence-electron chi connectivity index (χ3n) is 1.76. The quantitative estimate of drug-likeness (QED) is 0.674. The van der Waals surface area contributed by atoms with E-state index >= 15 is 0 Å². The van der Waals surface area contributed by atoms with Crippen molar-refractivity contribution in [3.8, 4) is 0 Å². The van der Waals surface area contributed by atoms with Crippen LogP contribution in [0.4, 0.5) is 17.6 Å². The maximum absolute atomic E-state index is 13.1. The van der Waals surface area contributed by atoms with Crippen molar-refractivity contribution < 1.29 is 31.5 Å². The van der Waals surface area contributed by atoms with Crippen LogP contribution in [0, 0.1) is 0 Å². The highest BCUT2D eigenvalue weighted by Crippen LogP contribution is 2.38. The van der Waals surface area contributed by atoms with Gasteiger partial charge in [-0.25, -0.2) is 4.39 Å². The highest BCUT2D eigenvalue weighted by Gasteiger charge is 2.33. The summed E-state index contributed by atoms with van der Waals surface area (Å²) in [5.41, 5.74) is -1.56. The minimum absolute atomic E-state index is 0.252. The molecular weight excluding hydrogens is 331 g/mol. The van der Waals surface area contributed by atoms with Crippen LogP contribution in [0.2, 0.25) is 0 Å².